The molecule has 1 unspecified atom stereocenters. The summed E-state index contributed by atoms with van der Waals surface area (Å²) in [6, 6.07) is 6.09. The fraction of sp³-hybridized carbons (Fsp3) is 0.444. The van der Waals surface area contributed by atoms with E-state index >= 15 is 0 Å². The van der Waals surface area contributed by atoms with E-state index in [0.717, 1.165) is 43.9 Å². The number of fused-ring (bicyclic) bond motifs is 1. The molecule has 10 nitrogen and oxygen atoms in total. The van der Waals surface area contributed by atoms with Gasteiger partial charge in [0.25, 0.3) is 0 Å². The Kier molecular flexibility index (Phi) is 7.17. The van der Waals surface area contributed by atoms with E-state index in [1.54, 1.807) is 20.1 Å². The minimum atomic E-state index is -1.40. The maximum absolute atomic E-state index is 14.1. The second kappa shape index (κ2) is 10.4. The van der Waals surface area contributed by atoms with E-state index in [4.69, 9.17) is 10.5 Å². The number of likely N-dealkylation sites (N-methyl/N-ethyl adjacent to an activating group) is 1. The minimum absolute atomic E-state index is 0.0729. The van der Waals surface area contributed by atoms with Crippen molar-refractivity contribution in [3.05, 3.63) is 47.8 Å². The monoisotopic (exact) mass is 540 g/mol. The first-order valence-corrected chi connectivity index (χ1v) is 13.0. The maximum atomic E-state index is 14.1. The molecule has 0 bridgehead atoms. The van der Waals surface area contributed by atoms with Crippen molar-refractivity contribution in [1.29, 1.82) is 0 Å². The highest BCUT2D eigenvalue weighted by molar-refractivity contribution is 5.80. The Labute approximate surface area is 226 Å². The van der Waals surface area contributed by atoms with Gasteiger partial charge in [0.1, 0.15) is 12.1 Å². The summed E-state index contributed by atoms with van der Waals surface area (Å²) >= 11 is 0. The van der Waals surface area contributed by atoms with Crippen LogP contribution in [0.3, 0.4) is 0 Å². The van der Waals surface area contributed by atoms with E-state index in [2.05, 4.69) is 42.4 Å². The number of benzene rings is 2. The Morgan fingerprint density at radius 3 is 2.49 bits per heavy atom. The molecule has 0 radical (unpaired) electrons. The van der Waals surface area contributed by atoms with E-state index in [-0.39, 0.29) is 29.6 Å². The fourth-order valence-corrected chi connectivity index (χ4v) is 5.52. The molecular weight excluding hydrogens is 506 g/mol. The van der Waals surface area contributed by atoms with E-state index in [1.807, 2.05) is 6.07 Å². The van der Waals surface area contributed by atoms with Crippen molar-refractivity contribution in [1.82, 2.24) is 19.9 Å². The normalized spacial score (nSPS) is 20.5. The number of nitrogens with two attached hydrogens (primary N) is 1. The summed E-state index contributed by atoms with van der Waals surface area (Å²) in [6.45, 7) is 6.31. The average molecular weight is 541 g/mol. The lowest BCUT2D eigenvalue weighted by atomic mass is 9.91. The van der Waals surface area contributed by atoms with E-state index < -0.39 is 17.2 Å². The highest BCUT2D eigenvalue weighted by Crippen LogP contribution is 2.42. The van der Waals surface area contributed by atoms with Gasteiger partial charge < -0.3 is 36.0 Å². The van der Waals surface area contributed by atoms with Crippen molar-refractivity contribution in [3.63, 3.8) is 0 Å². The van der Waals surface area contributed by atoms with Crippen LogP contribution in [0.5, 0.6) is 5.75 Å². The number of aromatic nitrogens is 3. The number of hydrogen-bond donors (Lipinski definition) is 4. The van der Waals surface area contributed by atoms with Crippen LogP contribution >= 0.6 is 0 Å². The van der Waals surface area contributed by atoms with Gasteiger partial charge >= 0.3 is 0 Å². The molecular formula is C27H34F2N8O2. The summed E-state index contributed by atoms with van der Waals surface area (Å²) in [7, 11) is 3.73. The van der Waals surface area contributed by atoms with E-state index in [0.29, 0.717) is 29.1 Å². The van der Waals surface area contributed by atoms with Gasteiger partial charge in [-0.1, -0.05) is 6.92 Å². The molecule has 0 amide bonds. The number of nitrogens with one attached hydrogen (secondary N) is 2. The zero-order chi connectivity index (χ0) is 27.9. The van der Waals surface area contributed by atoms with Crippen molar-refractivity contribution >= 4 is 34.6 Å². The van der Waals surface area contributed by atoms with Gasteiger partial charge in [0, 0.05) is 43.4 Å². The van der Waals surface area contributed by atoms with Crippen molar-refractivity contribution in [3.8, 4) is 5.75 Å². The van der Waals surface area contributed by atoms with Crippen LogP contribution in [0.1, 0.15) is 32.3 Å². The van der Waals surface area contributed by atoms with Gasteiger partial charge in [-0.25, -0.2) is 18.7 Å². The first kappa shape index (κ1) is 26.8. The van der Waals surface area contributed by atoms with Gasteiger partial charge in [0.2, 0.25) is 11.9 Å². The van der Waals surface area contributed by atoms with Crippen LogP contribution in [-0.4, -0.2) is 64.8 Å². The Morgan fingerprint density at radius 1 is 1.10 bits per heavy atom. The van der Waals surface area contributed by atoms with Gasteiger partial charge in [-0.05, 0) is 44.9 Å². The SMILES string of the molecule is CCC(C)(O)c1cc(F)c(F)cc1Nc1ncnc(Nc2cc(N)c(N3CC[C@@H]4CN(C)C[C@@H]43)cc2OC)n1. The molecule has 1 aromatic heterocycles. The van der Waals surface area contributed by atoms with Crippen LogP contribution < -0.4 is 26.0 Å². The Bertz CT molecular complexity index is 1370. The van der Waals surface area contributed by atoms with Gasteiger partial charge in [0.15, 0.2) is 11.6 Å². The van der Waals surface area contributed by atoms with Crippen molar-refractivity contribution in [2.45, 2.75) is 38.3 Å². The quantitative estimate of drug-likeness (QED) is 0.312. The van der Waals surface area contributed by atoms with Crippen LogP contribution in [0.25, 0.3) is 0 Å². The van der Waals surface area contributed by atoms with Gasteiger partial charge in [-0.3, -0.25) is 0 Å². The van der Waals surface area contributed by atoms with Crippen molar-refractivity contribution < 1.29 is 18.6 Å². The van der Waals surface area contributed by atoms with Gasteiger partial charge in [0.05, 0.1) is 35.5 Å². The highest BCUT2D eigenvalue weighted by Gasteiger charge is 2.40. The summed E-state index contributed by atoms with van der Waals surface area (Å²) in [5, 5.41) is 16.7. The zero-order valence-electron chi connectivity index (χ0n) is 22.5. The first-order chi connectivity index (χ1) is 18.6. The number of anilines is 6. The summed E-state index contributed by atoms with van der Waals surface area (Å²) in [5.74, 6) is -0.655. The molecule has 2 aliphatic rings. The molecule has 3 heterocycles. The summed E-state index contributed by atoms with van der Waals surface area (Å²) in [4.78, 5) is 17.4. The number of rotatable bonds is 8. The number of halogens is 2. The van der Waals surface area contributed by atoms with Crippen molar-refractivity contribution in [2.75, 3.05) is 55.1 Å². The molecule has 0 aliphatic carbocycles. The molecule has 208 valence electrons. The largest absolute Gasteiger partial charge is 0.494 e. The standard InChI is InChI=1S/C27H34F2N8O2/c1-5-27(2,38)16-8-17(28)18(29)9-20(16)33-25-31-14-32-26(35-25)34-21-10-19(30)22(11-24(21)39-4)37-7-6-15-12-36(3)13-23(15)37/h8-11,14-15,23,38H,5-7,12-13,30H2,1-4H3,(H2,31,32,33,34,35)/t15-,23+,27?/m1/s1. The smallest absolute Gasteiger partial charge is 0.232 e. The van der Waals surface area contributed by atoms with Gasteiger partial charge in [-0.15, -0.1) is 0 Å². The molecule has 2 fully saturated rings. The third-order valence-electron chi connectivity index (χ3n) is 7.78. The Morgan fingerprint density at radius 2 is 1.79 bits per heavy atom. The van der Waals surface area contributed by atoms with Crippen LogP contribution in [-0.2, 0) is 5.60 Å². The lowest BCUT2D eigenvalue weighted by Crippen LogP contribution is -2.35. The predicted molar refractivity (Wildman–Crippen MR) is 147 cm³/mol. The highest BCUT2D eigenvalue weighted by atomic mass is 19.2. The minimum Gasteiger partial charge on any atom is -0.494 e. The number of ether oxygens (including phenoxy) is 1. The lowest BCUT2D eigenvalue weighted by Gasteiger charge is -2.28. The zero-order valence-corrected chi connectivity index (χ0v) is 22.5. The molecule has 5 N–H and O–H groups in total. The molecule has 2 aliphatic heterocycles. The van der Waals surface area contributed by atoms with E-state index in [9.17, 15) is 13.9 Å². The second-order valence-corrected chi connectivity index (χ2v) is 10.5. The average Bonchev–Trinajstić information content (AvgIpc) is 3.45. The predicted octanol–water partition coefficient (Wildman–Crippen LogP) is 3.99. The fourth-order valence-electron chi connectivity index (χ4n) is 5.52. The second-order valence-electron chi connectivity index (χ2n) is 10.5. The molecule has 3 aromatic rings. The summed E-state index contributed by atoms with van der Waals surface area (Å²) in [6.07, 6.45) is 2.69. The molecule has 2 saturated heterocycles. The number of nitrogens with zero attached hydrogens (tertiary/aromatic N) is 5. The summed E-state index contributed by atoms with van der Waals surface area (Å²) in [5.41, 5.74) is 7.55. The number of aliphatic hydroxyl groups is 1. The molecule has 2 aromatic carbocycles. The molecule has 12 heteroatoms. The van der Waals surface area contributed by atoms with Crippen LogP contribution in [0.4, 0.5) is 43.4 Å². The van der Waals surface area contributed by atoms with E-state index in [1.165, 1.54) is 13.3 Å². The molecule has 3 atom stereocenters. The van der Waals surface area contributed by atoms with Crippen LogP contribution in [0.15, 0.2) is 30.6 Å². The number of hydrogen-bond acceptors (Lipinski definition) is 10. The number of methoxy groups -OCH3 is 1. The third-order valence-corrected chi connectivity index (χ3v) is 7.78. The third kappa shape index (κ3) is 5.26. The molecule has 5 rings (SSSR count). The van der Waals surface area contributed by atoms with Gasteiger partial charge in [-0.2, -0.15) is 4.98 Å². The van der Waals surface area contributed by atoms with Crippen molar-refractivity contribution in [2.24, 2.45) is 5.92 Å². The topological polar surface area (TPSA) is 125 Å². The summed E-state index contributed by atoms with van der Waals surface area (Å²) < 4.78 is 33.7. The van der Waals surface area contributed by atoms with Crippen LogP contribution in [0.2, 0.25) is 0 Å². The van der Waals surface area contributed by atoms with Crippen LogP contribution in [0, 0.1) is 17.6 Å². The number of nitrogen functional groups attached to an aromatic ring is 1. The molecule has 39 heavy (non-hydrogen) atoms. The number of likely N-dealkylation sites (tertiary alicyclic amines) is 1. The Balaban J connectivity index is 1.40. The molecule has 0 spiro atoms. The Hall–Kier alpha value is -3.77. The lowest BCUT2D eigenvalue weighted by molar-refractivity contribution is 0.0534. The maximum Gasteiger partial charge on any atom is 0.232 e. The molecule has 0 saturated carbocycles. The first-order valence-electron chi connectivity index (χ1n) is 13.0.